The number of carbonyl (C=O) groups excluding carboxylic acids is 1. The van der Waals surface area contributed by atoms with Crippen LogP contribution in [0.3, 0.4) is 0 Å². The fourth-order valence-electron chi connectivity index (χ4n) is 5.78. The highest BCUT2D eigenvalue weighted by Crippen LogP contribution is 2.36. The van der Waals surface area contributed by atoms with Gasteiger partial charge in [0.25, 0.3) is 5.91 Å². The molecule has 2 unspecified atom stereocenters. The summed E-state index contributed by atoms with van der Waals surface area (Å²) < 4.78 is 23.5. The van der Waals surface area contributed by atoms with Crippen LogP contribution in [0.15, 0.2) is 0 Å². The van der Waals surface area contributed by atoms with Crippen LogP contribution in [0.5, 0.6) is 0 Å². The lowest BCUT2D eigenvalue weighted by atomic mass is 9.83. The Bertz CT molecular complexity index is 926. The molecule has 4 aliphatic rings. The van der Waals surface area contributed by atoms with E-state index in [-0.39, 0.29) is 32.4 Å². The smallest absolute Gasteiger partial charge is 0.253 e. The average molecular weight is 625 g/mol. The van der Waals surface area contributed by atoms with Gasteiger partial charge in [-0.25, -0.2) is 0 Å². The zero-order valence-corrected chi connectivity index (χ0v) is 23.8. The summed E-state index contributed by atoms with van der Waals surface area (Å²) in [6, 6.07) is -4.79. The highest BCUT2D eigenvalue weighted by atomic mass is 16.7. The normalized spacial score (nSPS) is 48.6. The van der Waals surface area contributed by atoms with Gasteiger partial charge < -0.3 is 88.3 Å². The standard InChI is InChI=1S/C25H48N6O12/c26-9-4-11(31-24(38)25(39)6-15(25)28)21(43-23-18(36)16(29)17(35)14(8-33)41-23)19(37)20(9)42-22-10(27)5-12(34)13(40-22)7-30-2-1-3-32/h9-23,30,32-37,39H,1-8,26-29H2,(H,31,38)/t9-,10+,11+,12-,13+,14+,15?,16-,17+,18+,19-,20+,21-,22+,23+,25?/m0/s1. The minimum atomic E-state index is -1.80. The van der Waals surface area contributed by atoms with Crippen LogP contribution in [0.25, 0.3) is 0 Å². The van der Waals surface area contributed by atoms with Crippen molar-refractivity contribution in [2.24, 2.45) is 22.9 Å². The zero-order chi connectivity index (χ0) is 31.6. The van der Waals surface area contributed by atoms with Gasteiger partial charge in [0.15, 0.2) is 18.2 Å². The van der Waals surface area contributed by atoms with Crippen LogP contribution in [0.1, 0.15) is 25.7 Å². The summed E-state index contributed by atoms with van der Waals surface area (Å²) in [7, 11) is 0. The number of rotatable bonds is 12. The van der Waals surface area contributed by atoms with Gasteiger partial charge in [-0.1, -0.05) is 0 Å². The summed E-state index contributed by atoms with van der Waals surface area (Å²) in [5.41, 5.74) is 22.4. The predicted molar refractivity (Wildman–Crippen MR) is 145 cm³/mol. The van der Waals surface area contributed by atoms with Crippen LogP contribution in [0.2, 0.25) is 0 Å². The molecule has 2 aliphatic heterocycles. The molecule has 0 radical (unpaired) electrons. The number of nitrogens with two attached hydrogens (primary N) is 4. The van der Waals surface area contributed by atoms with E-state index in [1.807, 2.05) is 0 Å². The molecule has 0 spiro atoms. The van der Waals surface area contributed by atoms with Gasteiger partial charge in [0.05, 0.1) is 36.9 Å². The third kappa shape index (κ3) is 7.63. The van der Waals surface area contributed by atoms with Gasteiger partial charge >= 0.3 is 0 Å². The van der Waals surface area contributed by atoms with E-state index in [1.165, 1.54) is 0 Å². The fourth-order valence-corrected chi connectivity index (χ4v) is 5.78. The molecule has 2 saturated carbocycles. The summed E-state index contributed by atoms with van der Waals surface area (Å²) in [5.74, 6) is -0.800. The first-order chi connectivity index (χ1) is 20.3. The Morgan fingerprint density at radius 1 is 0.884 bits per heavy atom. The molecule has 0 bridgehead atoms. The van der Waals surface area contributed by atoms with Gasteiger partial charge in [-0.2, -0.15) is 0 Å². The first-order valence-electron chi connectivity index (χ1n) is 14.6. The minimum absolute atomic E-state index is 0.00201. The Morgan fingerprint density at radius 2 is 1.53 bits per heavy atom. The number of aliphatic hydroxyl groups is 7. The molecule has 0 aromatic rings. The highest BCUT2D eigenvalue weighted by molar-refractivity contribution is 5.89. The van der Waals surface area contributed by atoms with Crippen molar-refractivity contribution in [1.29, 1.82) is 0 Å². The number of nitrogens with one attached hydrogen (secondary N) is 2. The van der Waals surface area contributed by atoms with Crippen LogP contribution < -0.4 is 33.6 Å². The SMILES string of the molecule is NC1CC1(O)C(=O)N[C@@H]1C[C@H](N)[C@@H](O[C@H]2O[C@H](CNCCCO)[C@@H](O)C[C@H]2N)[C@H](O)[C@H]1O[C@H]1O[C@H](CO)[C@@H](O)[C@H](N)[C@H]1O. The van der Waals surface area contributed by atoms with Crippen molar-refractivity contribution in [3.63, 3.8) is 0 Å². The Balaban J connectivity index is 1.51. The molecular formula is C25H48N6O12. The molecule has 2 saturated heterocycles. The van der Waals surface area contributed by atoms with Crippen LogP contribution in [0, 0.1) is 0 Å². The van der Waals surface area contributed by atoms with E-state index in [2.05, 4.69) is 10.6 Å². The lowest BCUT2D eigenvalue weighted by molar-refractivity contribution is -0.316. The largest absolute Gasteiger partial charge is 0.396 e. The third-order valence-corrected chi connectivity index (χ3v) is 8.69. The van der Waals surface area contributed by atoms with E-state index in [0.29, 0.717) is 13.0 Å². The van der Waals surface area contributed by atoms with Gasteiger partial charge in [-0.05, 0) is 25.8 Å². The summed E-state index contributed by atoms with van der Waals surface area (Å²) in [4.78, 5) is 12.9. The van der Waals surface area contributed by atoms with Gasteiger partial charge in [-0.3, -0.25) is 4.79 Å². The summed E-state index contributed by atoms with van der Waals surface area (Å²) >= 11 is 0. The summed E-state index contributed by atoms with van der Waals surface area (Å²) in [5, 5.41) is 77.6. The number of aliphatic hydroxyl groups excluding tert-OH is 6. The zero-order valence-electron chi connectivity index (χ0n) is 23.8. The second kappa shape index (κ2) is 14.5. The van der Waals surface area contributed by atoms with Crippen molar-refractivity contribution < 1.29 is 59.5 Å². The monoisotopic (exact) mass is 624 g/mol. The number of hydrogen-bond donors (Lipinski definition) is 13. The van der Waals surface area contributed by atoms with E-state index in [9.17, 15) is 35.4 Å². The minimum Gasteiger partial charge on any atom is -0.396 e. The molecule has 4 rings (SSSR count). The molecule has 2 heterocycles. The van der Waals surface area contributed by atoms with Crippen LogP contribution in [-0.2, 0) is 23.7 Å². The summed E-state index contributed by atoms with van der Waals surface area (Å²) in [6.45, 7) is 0.0933. The van der Waals surface area contributed by atoms with Gasteiger partial charge in [-0.15, -0.1) is 0 Å². The Kier molecular flexibility index (Phi) is 11.7. The van der Waals surface area contributed by atoms with Crippen molar-refractivity contribution in [3.05, 3.63) is 0 Å². The molecule has 16 atom stereocenters. The maximum atomic E-state index is 12.9. The van der Waals surface area contributed by atoms with Crippen molar-refractivity contribution >= 4 is 5.91 Å². The molecule has 1 amide bonds. The quantitative estimate of drug-likeness (QED) is 0.0896. The molecule has 0 aromatic carbocycles. The number of ether oxygens (including phenoxy) is 4. The lowest BCUT2D eigenvalue weighted by Gasteiger charge is -2.48. The number of amides is 1. The first-order valence-corrected chi connectivity index (χ1v) is 14.6. The third-order valence-electron chi connectivity index (χ3n) is 8.69. The molecule has 18 heteroatoms. The summed E-state index contributed by atoms with van der Waals surface area (Å²) in [6.07, 6.45) is -12.0. The second-order valence-electron chi connectivity index (χ2n) is 12.0. The van der Waals surface area contributed by atoms with E-state index in [0.717, 1.165) is 0 Å². The molecule has 2 aliphatic carbocycles. The Labute approximate surface area is 248 Å². The van der Waals surface area contributed by atoms with Crippen molar-refractivity contribution in [3.8, 4) is 0 Å². The van der Waals surface area contributed by atoms with Crippen molar-refractivity contribution in [1.82, 2.24) is 10.6 Å². The molecule has 4 fully saturated rings. The van der Waals surface area contributed by atoms with Crippen molar-refractivity contribution in [2.45, 2.75) is 123 Å². The Hall–Kier alpha value is -1.17. The van der Waals surface area contributed by atoms with E-state index >= 15 is 0 Å². The molecule has 0 aromatic heterocycles. The maximum Gasteiger partial charge on any atom is 0.253 e. The average Bonchev–Trinajstić information content (AvgIpc) is 3.59. The van der Waals surface area contributed by atoms with E-state index in [1.54, 1.807) is 0 Å². The Morgan fingerprint density at radius 3 is 2.16 bits per heavy atom. The van der Waals surface area contributed by atoms with E-state index in [4.69, 9.17) is 47.0 Å². The number of carbonyl (C=O) groups is 1. The van der Waals surface area contributed by atoms with Crippen LogP contribution >= 0.6 is 0 Å². The van der Waals surface area contributed by atoms with Gasteiger partial charge in [0.2, 0.25) is 0 Å². The van der Waals surface area contributed by atoms with Crippen LogP contribution in [0.4, 0.5) is 0 Å². The maximum absolute atomic E-state index is 12.9. The van der Waals surface area contributed by atoms with Crippen molar-refractivity contribution in [2.75, 3.05) is 26.3 Å². The lowest BCUT2D eigenvalue weighted by Crippen LogP contribution is -2.69. The topological polar surface area (TPSA) is 324 Å². The highest BCUT2D eigenvalue weighted by Gasteiger charge is 2.59. The predicted octanol–water partition coefficient (Wildman–Crippen LogP) is -7.66. The molecule has 250 valence electrons. The molecule has 17 N–H and O–H groups in total. The molecular weight excluding hydrogens is 576 g/mol. The van der Waals surface area contributed by atoms with E-state index < -0.39 is 110 Å². The second-order valence-corrected chi connectivity index (χ2v) is 12.0. The molecule has 18 nitrogen and oxygen atoms in total. The van der Waals surface area contributed by atoms with Crippen LogP contribution in [-0.4, -0.2) is 165 Å². The van der Waals surface area contributed by atoms with Gasteiger partial charge in [0, 0.05) is 31.7 Å². The first kappa shape index (κ1) is 34.7. The fraction of sp³-hybridized carbons (Fsp3) is 0.960. The number of hydrogen-bond acceptors (Lipinski definition) is 17. The van der Waals surface area contributed by atoms with Gasteiger partial charge in [0.1, 0.15) is 36.6 Å². The molecule has 43 heavy (non-hydrogen) atoms.